The zero-order valence-corrected chi connectivity index (χ0v) is 6.25. The summed E-state index contributed by atoms with van der Waals surface area (Å²) in [7, 11) is 0. The summed E-state index contributed by atoms with van der Waals surface area (Å²) in [4.78, 5) is 10.2. The Balaban J connectivity index is 4.57. The van der Waals surface area contributed by atoms with E-state index in [4.69, 9.17) is 15.3 Å². The lowest BCUT2D eigenvalue weighted by Gasteiger charge is -2.30. The maximum Gasteiger partial charge on any atom is 0.364 e. The smallest absolute Gasteiger partial charge is 0.364 e. The van der Waals surface area contributed by atoms with E-state index in [0.29, 0.717) is 0 Å². The third-order valence-electron chi connectivity index (χ3n) is 1.34. The van der Waals surface area contributed by atoms with Gasteiger partial charge in [-0.2, -0.15) is 0 Å². The van der Waals surface area contributed by atoms with Crippen molar-refractivity contribution < 1.29 is 20.1 Å². The standard InChI is InChI=1S/C6H12O4/c1-5(2,3)6(9,10)4(7)8/h9-10H,1-3H3,(H,7,8). The Kier molecular flexibility index (Phi) is 2.08. The van der Waals surface area contributed by atoms with E-state index in [-0.39, 0.29) is 0 Å². The summed E-state index contributed by atoms with van der Waals surface area (Å²) in [5, 5.41) is 26.0. The zero-order valence-electron chi connectivity index (χ0n) is 6.25. The third kappa shape index (κ3) is 1.46. The highest BCUT2D eigenvalue weighted by Gasteiger charge is 2.45. The van der Waals surface area contributed by atoms with E-state index < -0.39 is 17.2 Å². The Hall–Kier alpha value is -0.610. The second-order valence-electron chi connectivity index (χ2n) is 3.23. The fourth-order valence-electron chi connectivity index (χ4n) is 0.321. The lowest BCUT2D eigenvalue weighted by molar-refractivity contribution is -0.238. The molecule has 0 saturated heterocycles. The molecule has 3 N–H and O–H groups in total. The van der Waals surface area contributed by atoms with Gasteiger partial charge >= 0.3 is 5.97 Å². The van der Waals surface area contributed by atoms with Crippen LogP contribution in [-0.2, 0) is 4.79 Å². The summed E-state index contributed by atoms with van der Waals surface area (Å²) in [5.41, 5.74) is -1.07. The second kappa shape index (κ2) is 2.21. The van der Waals surface area contributed by atoms with Gasteiger partial charge in [-0.3, -0.25) is 0 Å². The van der Waals surface area contributed by atoms with Gasteiger partial charge in [-0.05, 0) is 0 Å². The summed E-state index contributed by atoms with van der Waals surface area (Å²) < 4.78 is 0. The number of hydrogen-bond donors (Lipinski definition) is 3. The molecule has 0 aliphatic rings. The van der Waals surface area contributed by atoms with E-state index in [9.17, 15) is 4.79 Å². The van der Waals surface area contributed by atoms with Crippen molar-refractivity contribution in [1.82, 2.24) is 0 Å². The van der Waals surface area contributed by atoms with Gasteiger partial charge in [-0.15, -0.1) is 0 Å². The summed E-state index contributed by atoms with van der Waals surface area (Å²) in [5.74, 6) is -4.27. The molecule has 0 aromatic carbocycles. The van der Waals surface area contributed by atoms with Crippen LogP contribution in [0.3, 0.4) is 0 Å². The molecule has 0 aliphatic heterocycles. The van der Waals surface area contributed by atoms with Crippen LogP contribution in [-0.4, -0.2) is 27.1 Å². The number of carboxylic acid groups (broad SMARTS) is 1. The van der Waals surface area contributed by atoms with Crippen LogP contribution in [0.25, 0.3) is 0 Å². The Labute approximate surface area is 59.1 Å². The molecule has 10 heavy (non-hydrogen) atoms. The predicted molar refractivity (Wildman–Crippen MR) is 34.3 cm³/mol. The predicted octanol–water partition coefficient (Wildman–Crippen LogP) is -0.202. The number of rotatable bonds is 1. The number of aliphatic carboxylic acids is 1. The Bertz CT molecular complexity index is 142. The van der Waals surface area contributed by atoms with E-state index in [2.05, 4.69) is 0 Å². The highest BCUT2D eigenvalue weighted by atomic mass is 16.5. The van der Waals surface area contributed by atoms with Gasteiger partial charge in [0.25, 0.3) is 5.79 Å². The molecular formula is C6H12O4. The minimum atomic E-state index is -2.65. The minimum absolute atomic E-state index is 1.07. The summed E-state index contributed by atoms with van der Waals surface area (Å²) in [6, 6.07) is 0. The molecular weight excluding hydrogens is 136 g/mol. The molecule has 0 spiro atoms. The molecule has 0 radical (unpaired) electrons. The normalized spacial score (nSPS) is 13.3. The summed E-state index contributed by atoms with van der Waals surface area (Å²) >= 11 is 0. The first kappa shape index (κ1) is 9.39. The van der Waals surface area contributed by atoms with Crippen molar-refractivity contribution >= 4 is 5.97 Å². The van der Waals surface area contributed by atoms with Crippen LogP contribution >= 0.6 is 0 Å². The van der Waals surface area contributed by atoms with Gasteiger partial charge in [0.1, 0.15) is 0 Å². The summed E-state index contributed by atoms with van der Waals surface area (Å²) in [6.07, 6.45) is 0. The van der Waals surface area contributed by atoms with Gasteiger partial charge in [0.2, 0.25) is 0 Å². The summed E-state index contributed by atoms with van der Waals surface area (Å²) in [6.45, 7) is 4.30. The van der Waals surface area contributed by atoms with Gasteiger partial charge in [0.05, 0.1) is 0 Å². The molecule has 0 rings (SSSR count). The van der Waals surface area contributed by atoms with Gasteiger partial charge in [0, 0.05) is 5.41 Å². The SMILES string of the molecule is CC(C)(C)C(O)(O)C(=O)O. The van der Waals surface area contributed by atoms with Crippen LogP contribution in [0.4, 0.5) is 0 Å². The average Bonchev–Trinajstić information content (AvgIpc) is 1.62. The molecule has 0 aromatic heterocycles. The van der Waals surface area contributed by atoms with Gasteiger partial charge < -0.3 is 15.3 Å². The number of carboxylic acids is 1. The van der Waals surface area contributed by atoms with Crippen molar-refractivity contribution in [2.24, 2.45) is 5.41 Å². The van der Waals surface area contributed by atoms with Crippen LogP contribution in [0.15, 0.2) is 0 Å². The lowest BCUT2D eigenvalue weighted by Crippen LogP contribution is -2.49. The monoisotopic (exact) mass is 148 g/mol. The topological polar surface area (TPSA) is 77.8 Å². The first-order chi connectivity index (χ1) is 4.19. The zero-order chi connectivity index (χ0) is 8.58. The third-order valence-corrected chi connectivity index (χ3v) is 1.34. The Morgan fingerprint density at radius 3 is 1.50 bits per heavy atom. The van der Waals surface area contributed by atoms with Crippen molar-refractivity contribution in [2.45, 2.75) is 26.6 Å². The Morgan fingerprint density at radius 2 is 1.50 bits per heavy atom. The molecule has 0 aromatic rings. The first-order valence-electron chi connectivity index (χ1n) is 2.87. The van der Waals surface area contributed by atoms with E-state index in [1.165, 1.54) is 20.8 Å². The average molecular weight is 148 g/mol. The van der Waals surface area contributed by atoms with Crippen LogP contribution in [0.2, 0.25) is 0 Å². The minimum Gasteiger partial charge on any atom is -0.477 e. The highest BCUT2D eigenvalue weighted by Crippen LogP contribution is 2.27. The van der Waals surface area contributed by atoms with Crippen molar-refractivity contribution in [2.75, 3.05) is 0 Å². The first-order valence-corrected chi connectivity index (χ1v) is 2.87. The van der Waals surface area contributed by atoms with Crippen LogP contribution in [0, 0.1) is 5.41 Å². The number of aliphatic hydroxyl groups is 2. The Morgan fingerprint density at radius 1 is 1.20 bits per heavy atom. The fourth-order valence-corrected chi connectivity index (χ4v) is 0.321. The van der Waals surface area contributed by atoms with Gasteiger partial charge in [-0.1, -0.05) is 20.8 Å². The van der Waals surface area contributed by atoms with Crippen molar-refractivity contribution in [3.05, 3.63) is 0 Å². The molecule has 0 heterocycles. The number of carbonyl (C=O) groups is 1. The molecule has 0 atom stereocenters. The lowest BCUT2D eigenvalue weighted by atomic mass is 9.86. The molecule has 0 aliphatic carbocycles. The molecule has 0 bridgehead atoms. The maximum atomic E-state index is 10.2. The van der Waals surface area contributed by atoms with E-state index >= 15 is 0 Å². The van der Waals surface area contributed by atoms with Crippen LogP contribution in [0.1, 0.15) is 20.8 Å². The quantitative estimate of drug-likeness (QED) is 0.450. The van der Waals surface area contributed by atoms with E-state index in [1.807, 2.05) is 0 Å². The number of hydrogen-bond acceptors (Lipinski definition) is 3. The van der Waals surface area contributed by atoms with E-state index in [0.717, 1.165) is 0 Å². The van der Waals surface area contributed by atoms with Crippen molar-refractivity contribution in [3.8, 4) is 0 Å². The molecule has 0 fully saturated rings. The molecule has 4 nitrogen and oxygen atoms in total. The van der Waals surface area contributed by atoms with Crippen LogP contribution < -0.4 is 0 Å². The maximum absolute atomic E-state index is 10.2. The van der Waals surface area contributed by atoms with Gasteiger partial charge in [-0.25, -0.2) is 4.79 Å². The molecule has 0 unspecified atom stereocenters. The van der Waals surface area contributed by atoms with E-state index in [1.54, 1.807) is 0 Å². The largest absolute Gasteiger partial charge is 0.477 e. The second-order valence-corrected chi connectivity index (χ2v) is 3.23. The molecule has 4 heteroatoms. The fraction of sp³-hybridized carbons (Fsp3) is 0.833. The molecule has 60 valence electrons. The van der Waals surface area contributed by atoms with Gasteiger partial charge in [0.15, 0.2) is 0 Å². The van der Waals surface area contributed by atoms with Crippen LogP contribution in [0.5, 0.6) is 0 Å². The van der Waals surface area contributed by atoms with Crippen molar-refractivity contribution in [1.29, 1.82) is 0 Å². The molecule has 0 amide bonds. The van der Waals surface area contributed by atoms with Crippen molar-refractivity contribution in [3.63, 3.8) is 0 Å². The molecule has 0 saturated carbocycles. The highest BCUT2D eigenvalue weighted by molar-refractivity contribution is 5.75.